The molecule has 1 aliphatic rings. The lowest BCUT2D eigenvalue weighted by molar-refractivity contribution is 0.142. The molecule has 0 unspecified atom stereocenters. The van der Waals surface area contributed by atoms with Crippen LogP contribution in [0.25, 0.3) is 10.9 Å². The van der Waals surface area contributed by atoms with Crippen molar-refractivity contribution in [1.29, 1.82) is 0 Å². The van der Waals surface area contributed by atoms with E-state index in [-0.39, 0.29) is 11.7 Å². The third-order valence-corrected chi connectivity index (χ3v) is 6.42. The van der Waals surface area contributed by atoms with Gasteiger partial charge in [0.25, 0.3) is 0 Å². The average Bonchev–Trinajstić information content (AvgIpc) is 3.03. The number of halogens is 1. The highest BCUT2D eigenvalue weighted by atomic mass is 19.1. The van der Waals surface area contributed by atoms with Crippen molar-refractivity contribution in [1.82, 2.24) is 9.55 Å². The number of carboxylic acid groups (broad SMARTS) is 1. The number of aryl methyl sites for hydroxylation is 1. The Balaban J connectivity index is 1.68. The molecule has 7 heteroatoms. The van der Waals surface area contributed by atoms with Crippen molar-refractivity contribution < 1.29 is 19.0 Å². The van der Waals surface area contributed by atoms with E-state index in [0.29, 0.717) is 18.9 Å². The van der Waals surface area contributed by atoms with Crippen molar-refractivity contribution in [2.75, 3.05) is 11.4 Å². The number of benzene rings is 2. The predicted octanol–water partition coefficient (Wildman–Crippen LogP) is 5.46. The fraction of sp³-hybridized carbons (Fsp3) is 0.231. The van der Waals surface area contributed by atoms with E-state index in [9.17, 15) is 14.3 Å². The smallest absolute Gasteiger partial charge is 0.449 e. The van der Waals surface area contributed by atoms with Crippen LogP contribution in [0.1, 0.15) is 27.9 Å². The van der Waals surface area contributed by atoms with Crippen LogP contribution in [-0.4, -0.2) is 27.4 Å². The summed E-state index contributed by atoms with van der Waals surface area (Å²) in [6.07, 6.45) is -0.531. The monoisotopic (exact) mass is 445 g/mol. The maximum atomic E-state index is 13.9. The van der Waals surface area contributed by atoms with E-state index in [2.05, 4.69) is 26.6 Å². The molecule has 1 N–H and O–H groups in total. The minimum absolute atomic E-state index is 0.0508. The fourth-order valence-corrected chi connectivity index (χ4v) is 4.67. The van der Waals surface area contributed by atoms with Crippen LogP contribution in [0.4, 0.5) is 15.0 Å². The van der Waals surface area contributed by atoms with Gasteiger partial charge in [0.05, 0.1) is 5.52 Å². The number of hydrogen-bond acceptors (Lipinski definition) is 4. The van der Waals surface area contributed by atoms with Crippen LogP contribution in [-0.2, 0) is 19.5 Å². The van der Waals surface area contributed by atoms with Crippen LogP contribution in [0.2, 0.25) is 0 Å². The Morgan fingerprint density at radius 1 is 1.12 bits per heavy atom. The highest BCUT2D eigenvalue weighted by Crippen LogP contribution is 2.37. The summed E-state index contributed by atoms with van der Waals surface area (Å²) in [4.78, 5) is 18.1. The van der Waals surface area contributed by atoms with E-state index in [1.807, 2.05) is 32.0 Å². The number of rotatable bonds is 4. The topological polar surface area (TPSA) is 67.6 Å². The molecule has 4 aromatic rings. The molecule has 0 bridgehead atoms. The molecule has 2 aromatic heterocycles. The zero-order valence-corrected chi connectivity index (χ0v) is 18.5. The number of ether oxygens (including phenoxy) is 1. The van der Waals surface area contributed by atoms with Crippen LogP contribution < -0.4 is 9.64 Å². The molecular formula is C26H24FN3O3. The average molecular weight is 445 g/mol. The van der Waals surface area contributed by atoms with Gasteiger partial charge < -0.3 is 19.3 Å². The molecule has 0 atom stereocenters. The molecule has 0 saturated heterocycles. The molecule has 0 amide bonds. The minimum Gasteiger partial charge on any atom is -0.449 e. The number of hydrogen-bond donors (Lipinski definition) is 1. The Hall–Kier alpha value is -3.87. The van der Waals surface area contributed by atoms with Crippen molar-refractivity contribution in [2.45, 2.75) is 33.4 Å². The van der Waals surface area contributed by atoms with Gasteiger partial charge in [0.2, 0.25) is 5.88 Å². The van der Waals surface area contributed by atoms with E-state index >= 15 is 0 Å². The van der Waals surface area contributed by atoms with E-state index in [1.54, 1.807) is 12.1 Å². The van der Waals surface area contributed by atoms with Gasteiger partial charge in [-0.25, -0.2) is 9.18 Å². The first-order chi connectivity index (χ1) is 15.9. The molecule has 5 rings (SSSR count). The van der Waals surface area contributed by atoms with Gasteiger partial charge in [-0.2, -0.15) is 4.98 Å². The van der Waals surface area contributed by atoms with Gasteiger partial charge in [-0.05, 0) is 54.7 Å². The summed E-state index contributed by atoms with van der Waals surface area (Å²) >= 11 is 0. The summed E-state index contributed by atoms with van der Waals surface area (Å²) in [7, 11) is 0. The Bertz CT molecular complexity index is 1380. The largest absolute Gasteiger partial charge is 0.512 e. The van der Waals surface area contributed by atoms with Crippen LogP contribution in [0.5, 0.6) is 5.88 Å². The first kappa shape index (κ1) is 21.0. The molecule has 0 saturated carbocycles. The van der Waals surface area contributed by atoms with Crippen LogP contribution >= 0.6 is 0 Å². The molecule has 2 aromatic carbocycles. The fourth-order valence-electron chi connectivity index (χ4n) is 4.67. The molecule has 0 spiro atoms. The quantitative estimate of drug-likeness (QED) is 0.423. The van der Waals surface area contributed by atoms with Crippen molar-refractivity contribution in [2.24, 2.45) is 0 Å². The Morgan fingerprint density at radius 3 is 2.67 bits per heavy atom. The van der Waals surface area contributed by atoms with Gasteiger partial charge in [0, 0.05) is 36.8 Å². The van der Waals surface area contributed by atoms with Gasteiger partial charge in [0.1, 0.15) is 5.82 Å². The second kappa shape index (κ2) is 8.24. The zero-order valence-electron chi connectivity index (χ0n) is 18.5. The first-order valence-corrected chi connectivity index (χ1v) is 10.9. The molecule has 0 radical (unpaired) electrons. The number of anilines is 1. The van der Waals surface area contributed by atoms with Crippen molar-refractivity contribution >= 4 is 22.9 Å². The van der Waals surface area contributed by atoms with Crippen LogP contribution in [0.15, 0.2) is 54.6 Å². The summed E-state index contributed by atoms with van der Waals surface area (Å²) in [6, 6.07) is 16.6. The molecule has 168 valence electrons. The lowest BCUT2D eigenvalue weighted by Crippen LogP contribution is -2.31. The van der Waals surface area contributed by atoms with E-state index < -0.39 is 6.16 Å². The molecule has 0 aliphatic carbocycles. The van der Waals surface area contributed by atoms with Gasteiger partial charge in [0.15, 0.2) is 5.82 Å². The Morgan fingerprint density at radius 2 is 1.91 bits per heavy atom. The van der Waals surface area contributed by atoms with Crippen molar-refractivity contribution in [3.63, 3.8) is 0 Å². The number of nitrogens with zero attached hydrogens (tertiary/aromatic N) is 3. The molecule has 3 heterocycles. The Labute approximate surface area is 190 Å². The number of carbonyl (C=O) groups is 1. The lowest BCUT2D eigenvalue weighted by Gasteiger charge is -2.31. The van der Waals surface area contributed by atoms with Crippen molar-refractivity contribution in [3.05, 3.63) is 88.4 Å². The minimum atomic E-state index is -1.40. The number of pyridine rings is 1. The maximum absolute atomic E-state index is 13.9. The van der Waals surface area contributed by atoms with E-state index in [4.69, 9.17) is 4.74 Å². The first-order valence-electron chi connectivity index (χ1n) is 10.9. The summed E-state index contributed by atoms with van der Waals surface area (Å²) in [6.45, 7) is 5.91. The summed E-state index contributed by atoms with van der Waals surface area (Å²) < 4.78 is 21.0. The van der Waals surface area contributed by atoms with Gasteiger partial charge in [-0.3, -0.25) is 0 Å². The lowest BCUT2D eigenvalue weighted by atomic mass is 10.00. The third-order valence-electron chi connectivity index (χ3n) is 6.42. The highest BCUT2D eigenvalue weighted by Gasteiger charge is 2.25. The van der Waals surface area contributed by atoms with Crippen LogP contribution in [0.3, 0.4) is 0 Å². The molecule has 33 heavy (non-hydrogen) atoms. The predicted molar refractivity (Wildman–Crippen MR) is 125 cm³/mol. The second-order valence-electron chi connectivity index (χ2n) is 8.41. The zero-order chi connectivity index (χ0) is 23.1. The standard InChI is InChI=1S/C26H24FN3O3/c1-16-17(2)30(14-18-6-5-9-21(27)12-18)24-22(16)13-23(33-26(31)32)28-25(24)29-11-10-19-7-3-4-8-20(19)15-29/h3-9,12-13H,10-11,14-15H2,1-2H3,(H,31,32). The van der Waals surface area contributed by atoms with Gasteiger partial charge >= 0.3 is 6.16 Å². The second-order valence-corrected chi connectivity index (χ2v) is 8.41. The number of aromatic nitrogens is 2. The molecule has 1 aliphatic heterocycles. The Kier molecular flexibility index (Phi) is 5.24. The van der Waals surface area contributed by atoms with Gasteiger partial charge in [-0.15, -0.1) is 0 Å². The SMILES string of the molecule is Cc1c(C)n(Cc2cccc(F)c2)c2c(N3CCc4ccccc4C3)nc(OC(=O)O)cc12. The van der Waals surface area contributed by atoms with Crippen LogP contribution in [0, 0.1) is 19.7 Å². The number of fused-ring (bicyclic) bond motifs is 2. The summed E-state index contributed by atoms with van der Waals surface area (Å²) in [5, 5.41) is 10.1. The molecule has 6 nitrogen and oxygen atoms in total. The molecule has 0 fully saturated rings. The van der Waals surface area contributed by atoms with E-state index in [0.717, 1.165) is 40.7 Å². The maximum Gasteiger partial charge on any atom is 0.512 e. The van der Waals surface area contributed by atoms with Gasteiger partial charge in [-0.1, -0.05) is 36.4 Å². The molecular weight excluding hydrogens is 421 g/mol. The third kappa shape index (κ3) is 3.91. The summed E-state index contributed by atoms with van der Waals surface area (Å²) in [5.41, 5.74) is 6.30. The normalized spacial score (nSPS) is 13.2. The van der Waals surface area contributed by atoms with Crippen molar-refractivity contribution in [3.8, 4) is 5.88 Å². The van der Waals surface area contributed by atoms with E-state index in [1.165, 1.54) is 23.3 Å². The summed E-state index contributed by atoms with van der Waals surface area (Å²) in [5.74, 6) is 0.446. The highest BCUT2D eigenvalue weighted by molar-refractivity contribution is 5.95.